The van der Waals surface area contributed by atoms with E-state index in [0.717, 1.165) is 11.1 Å². The largest absolute Gasteiger partial charge is 0.497 e. The first-order valence-corrected chi connectivity index (χ1v) is 14.1. The molecule has 0 radical (unpaired) electrons. The normalized spacial score (nSPS) is 19.5. The van der Waals surface area contributed by atoms with Crippen molar-refractivity contribution in [2.24, 2.45) is 5.92 Å². The standard InChI is InChI=1S/C28H34N4O6S/c1-19-16-32(20(2)18-33)39(35,36)27-10-5-22(21-11-13-29-14-12-21)15-25(27)38-26(19)17-31(3)28(34)30-23-6-8-24(37-4)9-7-23/h5-15,19-20,26,33H,16-18H2,1-4H3,(H,30,34)/t19-,20-,26-/m0/s1. The van der Waals surface area contributed by atoms with E-state index in [-0.39, 0.29) is 42.3 Å². The molecule has 11 heteroatoms. The minimum absolute atomic E-state index is 0.0165. The van der Waals surface area contributed by atoms with Crippen molar-refractivity contribution in [3.8, 4) is 22.6 Å². The van der Waals surface area contributed by atoms with Crippen LogP contribution < -0.4 is 14.8 Å². The molecule has 2 amide bonds. The molecule has 1 aromatic heterocycles. The lowest BCUT2D eigenvalue weighted by Crippen LogP contribution is -2.50. The van der Waals surface area contributed by atoms with E-state index in [0.29, 0.717) is 11.4 Å². The molecule has 0 bridgehead atoms. The van der Waals surface area contributed by atoms with Gasteiger partial charge in [-0.3, -0.25) is 4.98 Å². The predicted octanol–water partition coefficient (Wildman–Crippen LogP) is 3.69. The summed E-state index contributed by atoms with van der Waals surface area (Å²) < 4.78 is 40.3. The second-order valence-electron chi connectivity index (χ2n) is 9.68. The van der Waals surface area contributed by atoms with E-state index < -0.39 is 22.2 Å². The van der Waals surface area contributed by atoms with E-state index in [9.17, 15) is 18.3 Å². The Morgan fingerprint density at radius 3 is 2.51 bits per heavy atom. The lowest BCUT2D eigenvalue weighted by atomic mass is 10.0. The molecular formula is C28H34N4O6S. The van der Waals surface area contributed by atoms with E-state index in [1.807, 2.05) is 19.1 Å². The molecule has 0 saturated carbocycles. The number of aliphatic hydroxyl groups is 1. The zero-order valence-corrected chi connectivity index (χ0v) is 23.3. The minimum Gasteiger partial charge on any atom is -0.497 e. The second kappa shape index (κ2) is 12.0. The fraction of sp³-hybridized carbons (Fsp3) is 0.357. The van der Waals surface area contributed by atoms with Crippen LogP contribution in [0.5, 0.6) is 11.5 Å². The Morgan fingerprint density at radius 1 is 1.18 bits per heavy atom. The summed E-state index contributed by atoms with van der Waals surface area (Å²) in [6.07, 6.45) is 2.79. The van der Waals surface area contributed by atoms with Gasteiger partial charge in [0.2, 0.25) is 10.0 Å². The fourth-order valence-electron chi connectivity index (χ4n) is 4.41. The predicted molar refractivity (Wildman–Crippen MR) is 148 cm³/mol. The van der Waals surface area contributed by atoms with Gasteiger partial charge in [-0.25, -0.2) is 13.2 Å². The van der Waals surface area contributed by atoms with Gasteiger partial charge in [0, 0.05) is 43.6 Å². The summed E-state index contributed by atoms with van der Waals surface area (Å²) in [4.78, 5) is 18.6. The van der Waals surface area contributed by atoms with E-state index in [4.69, 9.17) is 9.47 Å². The lowest BCUT2D eigenvalue weighted by Gasteiger charge is -2.37. The average molecular weight is 555 g/mol. The van der Waals surface area contributed by atoms with Crippen LogP contribution in [0.2, 0.25) is 0 Å². The zero-order chi connectivity index (χ0) is 28.2. The van der Waals surface area contributed by atoms with Crippen LogP contribution in [-0.4, -0.2) is 79.7 Å². The Balaban J connectivity index is 1.65. The van der Waals surface area contributed by atoms with Gasteiger partial charge in [-0.15, -0.1) is 0 Å². The monoisotopic (exact) mass is 554 g/mol. The maximum atomic E-state index is 13.7. The van der Waals surface area contributed by atoms with Crippen LogP contribution in [0.4, 0.5) is 10.5 Å². The van der Waals surface area contributed by atoms with E-state index in [2.05, 4.69) is 10.3 Å². The first kappa shape index (κ1) is 28.3. The molecule has 2 aromatic carbocycles. The Kier molecular flexibility index (Phi) is 8.73. The number of benzene rings is 2. The third-order valence-electron chi connectivity index (χ3n) is 6.82. The number of fused-ring (bicyclic) bond motifs is 1. The molecule has 3 aromatic rings. The van der Waals surface area contributed by atoms with Gasteiger partial charge in [0.1, 0.15) is 22.5 Å². The molecule has 2 N–H and O–H groups in total. The molecule has 1 aliphatic rings. The number of nitrogens with one attached hydrogen (secondary N) is 1. The highest BCUT2D eigenvalue weighted by Gasteiger charge is 2.38. The number of aliphatic hydroxyl groups excluding tert-OH is 1. The zero-order valence-electron chi connectivity index (χ0n) is 22.4. The Bertz CT molecular complexity index is 1380. The summed E-state index contributed by atoms with van der Waals surface area (Å²) >= 11 is 0. The van der Waals surface area contributed by atoms with Crippen molar-refractivity contribution in [3.05, 3.63) is 67.0 Å². The highest BCUT2D eigenvalue weighted by Crippen LogP contribution is 2.36. The Hall–Kier alpha value is -3.67. The van der Waals surface area contributed by atoms with Crippen molar-refractivity contribution in [2.75, 3.05) is 39.2 Å². The Morgan fingerprint density at radius 2 is 1.87 bits per heavy atom. The van der Waals surface area contributed by atoms with Crippen LogP contribution in [0.15, 0.2) is 71.9 Å². The number of amides is 2. The van der Waals surface area contributed by atoms with Gasteiger partial charge in [-0.05, 0) is 66.6 Å². The van der Waals surface area contributed by atoms with E-state index in [1.165, 1.54) is 15.3 Å². The molecule has 208 valence electrons. The number of carbonyl (C=O) groups excluding carboxylic acids is 1. The number of urea groups is 1. The summed E-state index contributed by atoms with van der Waals surface area (Å²) in [7, 11) is -0.735. The number of methoxy groups -OCH3 is 1. The number of ether oxygens (including phenoxy) is 2. The molecule has 10 nitrogen and oxygen atoms in total. The molecule has 0 unspecified atom stereocenters. The van der Waals surface area contributed by atoms with Crippen molar-refractivity contribution >= 4 is 21.7 Å². The van der Waals surface area contributed by atoms with E-state index >= 15 is 0 Å². The highest BCUT2D eigenvalue weighted by atomic mass is 32.2. The van der Waals surface area contributed by atoms with Gasteiger partial charge in [-0.1, -0.05) is 13.0 Å². The van der Waals surface area contributed by atoms with Gasteiger partial charge in [-0.2, -0.15) is 4.31 Å². The number of hydrogen-bond acceptors (Lipinski definition) is 7. The topological polar surface area (TPSA) is 121 Å². The number of rotatable bonds is 7. The molecule has 39 heavy (non-hydrogen) atoms. The molecular weight excluding hydrogens is 520 g/mol. The van der Waals surface area contributed by atoms with Crippen LogP contribution in [-0.2, 0) is 10.0 Å². The number of carbonyl (C=O) groups is 1. The second-order valence-corrected chi connectivity index (χ2v) is 11.5. The number of aromatic nitrogens is 1. The maximum absolute atomic E-state index is 13.7. The van der Waals surface area contributed by atoms with Crippen molar-refractivity contribution in [2.45, 2.75) is 30.9 Å². The first-order chi connectivity index (χ1) is 18.6. The molecule has 1 aliphatic heterocycles. The summed E-state index contributed by atoms with van der Waals surface area (Å²) in [6, 6.07) is 14.6. The summed E-state index contributed by atoms with van der Waals surface area (Å²) in [6.45, 7) is 3.54. The van der Waals surface area contributed by atoms with Crippen molar-refractivity contribution < 1.29 is 27.8 Å². The van der Waals surface area contributed by atoms with Gasteiger partial charge in [0.25, 0.3) is 0 Å². The van der Waals surface area contributed by atoms with Crippen LogP contribution in [0.25, 0.3) is 11.1 Å². The van der Waals surface area contributed by atoms with Crippen molar-refractivity contribution in [3.63, 3.8) is 0 Å². The summed E-state index contributed by atoms with van der Waals surface area (Å²) in [5, 5.41) is 12.7. The molecule has 2 heterocycles. The quantitative estimate of drug-likeness (QED) is 0.457. The molecule has 0 fully saturated rings. The summed E-state index contributed by atoms with van der Waals surface area (Å²) in [5.41, 5.74) is 2.24. The third-order valence-corrected chi connectivity index (χ3v) is 8.84. The van der Waals surface area contributed by atoms with Crippen LogP contribution in [0, 0.1) is 5.92 Å². The SMILES string of the molecule is COc1ccc(NC(=O)N(C)C[C@@H]2Oc3cc(-c4ccncc4)ccc3S(=O)(=O)N([C@@H](C)CO)C[C@@H]2C)cc1. The third kappa shape index (κ3) is 6.32. The van der Waals surface area contributed by atoms with Gasteiger partial charge < -0.3 is 24.8 Å². The van der Waals surface area contributed by atoms with Gasteiger partial charge in [0.15, 0.2) is 0 Å². The smallest absolute Gasteiger partial charge is 0.321 e. The highest BCUT2D eigenvalue weighted by molar-refractivity contribution is 7.89. The van der Waals surface area contributed by atoms with Crippen LogP contribution in [0.1, 0.15) is 13.8 Å². The lowest BCUT2D eigenvalue weighted by molar-refractivity contribution is 0.0830. The van der Waals surface area contributed by atoms with Crippen molar-refractivity contribution in [1.82, 2.24) is 14.2 Å². The van der Waals surface area contributed by atoms with Gasteiger partial charge in [0.05, 0.1) is 20.3 Å². The van der Waals surface area contributed by atoms with Gasteiger partial charge >= 0.3 is 6.03 Å². The average Bonchev–Trinajstić information content (AvgIpc) is 2.95. The molecule has 3 atom stereocenters. The summed E-state index contributed by atoms with van der Waals surface area (Å²) in [5.74, 6) is 0.572. The van der Waals surface area contributed by atoms with Crippen LogP contribution >= 0.6 is 0 Å². The number of anilines is 1. The molecule has 0 aliphatic carbocycles. The van der Waals surface area contributed by atoms with Crippen molar-refractivity contribution in [1.29, 1.82) is 0 Å². The minimum atomic E-state index is -3.97. The van der Waals surface area contributed by atoms with E-state index in [1.54, 1.807) is 69.9 Å². The number of pyridine rings is 1. The number of likely N-dealkylation sites (N-methyl/N-ethyl adjacent to an activating group) is 1. The Labute approximate surface area is 229 Å². The molecule has 0 saturated heterocycles. The fourth-order valence-corrected chi connectivity index (χ4v) is 6.24. The molecule has 4 rings (SSSR count). The number of sulfonamides is 1. The molecule has 0 spiro atoms. The van der Waals surface area contributed by atoms with Crippen LogP contribution in [0.3, 0.4) is 0 Å². The number of nitrogens with zero attached hydrogens (tertiary/aromatic N) is 3. The number of hydrogen-bond donors (Lipinski definition) is 2. The first-order valence-electron chi connectivity index (χ1n) is 12.6. The maximum Gasteiger partial charge on any atom is 0.321 e.